The van der Waals surface area contributed by atoms with Crippen molar-refractivity contribution < 1.29 is 9.90 Å². The normalized spacial score (nSPS) is 11.3. The van der Waals surface area contributed by atoms with Crippen molar-refractivity contribution in [2.45, 2.75) is 5.75 Å². The van der Waals surface area contributed by atoms with Crippen LogP contribution in [0.25, 0.3) is 4.91 Å². The Morgan fingerprint density at radius 2 is 1.58 bits per heavy atom. The maximum absolute atomic E-state index is 10.9. The van der Waals surface area contributed by atoms with E-state index in [0.717, 1.165) is 16.2 Å². The van der Waals surface area contributed by atoms with Gasteiger partial charge in [-0.05, 0) is 11.1 Å². The molecule has 0 aromatic heterocycles. The first-order valence-corrected chi connectivity index (χ1v) is 6.91. The third-order valence-electron chi connectivity index (χ3n) is 2.55. The summed E-state index contributed by atoms with van der Waals surface area (Å²) in [4.78, 5) is 11.7. The van der Waals surface area contributed by atoms with Crippen LogP contribution in [-0.4, -0.2) is 11.1 Å². The van der Waals surface area contributed by atoms with Crippen LogP contribution in [0.1, 0.15) is 11.1 Å². The summed E-state index contributed by atoms with van der Waals surface area (Å²) in [7, 11) is 0. The second-order valence-corrected chi connectivity index (χ2v) is 5.00. The van der Waals surface area contributed by atoms with Crippen LogP contribution in [0.2, 0.25) is 0 Å². The second-order valence-electron chi connectivity index (χ2n) is 3.99. The quantitative estimate of drug-likeness (QED) is 0.833. The van der Waals surface area contributed by atoms with Crippen molar-refractivity contribution >= 4 is 22.6 Å². The lowest BCUT2D eigenvalue weighted by atomic mass is 10.2. The van der Waals surface area contributed by atoms with Gasteiger partial charge in [0.15, 0.2) is 0 Å². The van der Waals surface area contributed by atoms with Gasteiger partial charge in [-0.3, -0.25) is 0 Å². The van der Waals surface area contributed by atoms with Crippen molar-refractivity contribution in [3.05, 3.63) is 77.9 Å². The molecule has 0 aliphatic carbocycles. The number of rotatable bonds is 5. The van der Waals surface area contributed by atoms with Gasteiger partial charge in [0.05, 0.1) is 0 Å². The standard InChI is InChI=1S/C16H14O2S/c17-16(18)11-15(14-9-5-2-6-10-14)19-12-13-7-3-1-4-8-13/h1-11H,12H2,(H,17,18). The summed E-state index contributed by atoms with van der Waals surface area (Å²) < 4.78 is 0. The highest BCUT2D eigenvalue weighted by Crippen LogP contribution is 2.30. The maximum Gasteiger partial charge on any atom is 0.329 e. The molecule has 2 nitrogen and oxygen atoms in total. The number of carbonyl (C=O) groups is 1. The molecule has 96 valence electrons. The van der Waals surface area contributed by atoms with Crippen LogP contribution in [0.15, 0.2) is 66.7 Å². The number of aliphatic carboxylic acids is 1. The van der Waals surface area contributed by atoms with Gasteiger partial charge in [-0.2, -0.15) is 0 Å². The van der Waals surface area contributed by atoms with Crippen molar-refractivity contribution in [2.24, 2.45) is 0 Å². The largest absolute Gasteiger partial charge is 0.478 e. The zero-order valence-electron chi connectivity index (χ0n) is 10.3. The highest BCUT2D eigenvalue weighted by atomic mass is 32.2. The number of carboxylic acids is 1. The average Bonchev–Trinajstić information content (AvgIpc) is 2.45. The Balaban J connectivity index is 2.14. The third-order valence-corrected chi connectivity index (χ3v) is 3.69. The number of hydrogen-bond donors (Lipinski definition) is 1. The van der Waals surface area contributed by atoms with Gasteiger partial charge in [0.2, 0.25) is 0 Å². The van der Waals surface area contributed by atoms with Crippen LogP contribution in [0, 0.1) is 0 Å². The van der Waals surface area contributed by atoms with Crippen molar-refractivity contribution in [3.63, 3.8) is 0 Å². The van der Waals surface area contributed by atoms with E-state index in [1.165, 1.54) is 23.4 Å². The molecule has 0 radical (unpaired) electrons. The molecule has 0 atom stereocenters. The minimum absolute atomic E-state index is 0.759. The van der Waals surface area contributed by atoms with Gasteiger partial charge in [0.25, 0.3) is 0 Å². The van der Waals surface area contributed by atoms with Gasteiger partial charge in [-0.15, -0.1) is 11.8 Å². The summed E-state index contributed by atoms with van der Waals surface area (Å²) in [6.07, 6.45) is 1.27. The van der Waals surface area contributed by atoms with Gasteiger partial charge in [-0.25, -0.2) is 4.79 Å². The molecule has 2 aromatic rings. The van der Waals surface area contributed by atoms with E-state index in [0.29, 0.717) is 0 Å². The van der Waals surface area contributed by atoms with Crippen molar-refractivity contribution in [2.75, 3.05) is 0 Å². The fourth-order valence-corrected chi connectivity index (χ4v) is 2.66. The molecule has 0 unspecified atom stereocenters. The molecule has 19 heavy (non-hydrogen) atoms. The topological polar surface area (TPSA) is 37.3 Å². The van der Waals surface area contributed by atoms with Crippen molar-refractivity contribution in [1.29, 1.82) is 0 Å². The first-order valence-electron chi connectivity index (χ1n) is 5.92. The summed E-state index contributed by atoms with van der Waals surface area (Å²) in [5.41, 5.74) is 2.12. The van der Waals surface area contributed by atoms with Gasteiger partial charge in [-0.1, -0.05) is 60.7 Å². The summed E-state index contributed by atoms with van der Waals surface area (Å²) in [6, 6.07) is 19.6. The molecule has 0 heterocycles. The number of benzene rings is 2. The molecule has 0 bridgehead atoms. The summed E-state index contributed by atoms with van der Waals surface area (Å²) in [5, 5.41) is 8.95. The van der Waals surface area contributed by atoms with Crippen LogP contribution < -0.4 is 0 Å². The smallest absolute Gasteiger partial charge is 0.329 e. The summed E-state index contributed by atoms with van der Waals surface area (Å²) in [6.45, 7) is 0. The molecule has 1 N–H and O–H groups in total. The van der Waals surface area contributed by atoms with E-state index in [1.807, 2.05) is 60.7 Å². The maximum atomic E-state index is 10.9. The molecule has 0 saturated carbocycles. The fourth-order valence-electron chi connectivity index (χ4n) is 1.66. The van der Waals surface area contributed by atoms with Crippen LogP contribution in [0.3, 0.4) is 0 Å². The molecule has 0 amide bonds. The molecular weight excluding hydrogens is 256 g/mol. The Kier molecular flexibility index (Phi) is 4.81. The molecule has 0 saturated heterocycles. The SMILES string of the molecule is O=C(O)C=C(SCc1ccccc1)c1ccccc1. The first-order chi connectivity index (χ1) is 9.25. The highest BCUT2D eigenvalue weighted by Gasteiger charge is 2.05. The Morgan fingerprint density at radius 1 is 1.00 bits per heavy atom. The molecule has 0 fully saturated rings. The van der Waals surface area contributed by atoms with E-state index in [-0.39, 0.29) is 0 Å². The predicted octanol–water partition coefficient (Wildman–Crippen LogP) is 4.05. The van der Waals surface area contributed by atoms with Crippen LogP contribution in [0.5, 0.6) is 0 Å². The highest BCUT2D eigenvalue weighted by molar-refractivity contribution is 8.07. The van der Waals surface area contributed by atoms with E-state index in [9.17, 15) is 4.79 Å². The zero-order chi connectivity index (χ0) is 13.5. The Bertz CT molecular complexity index is 562. The lowest BCUT2D eigenvalue weighted by Gasteiger charge is -2.07. The zero-order valence-corrected chi connectivity index (χ0v) is 11.1. The van der Waals surface area contributed by atoms with Crippen molar-refractivity contribution in [3.8, 4) is 0 Å². The minimum atomic E-state index is -0.917. The Morgan fingerprint density at radius 3 is 2.16 bits per heavy atom. The van der Waals surface area contributed by atoms with E-state index in [1.54, 1.807) is 0 Å². The molecule has 0 aliphatic rings. The molecule has 2 rings (SSSR count). The third kappa shape index (κ3) is 4.30. The van der Waals surface area contributed by atoms with E-state index >= 15 is 0 Å². The van der Waals surface area contributed by atoms with Crippen molar-refractivity contribution in [1.82, 2.24) is 0 Å². The van der Waals surface area contributed by atoms with Crippen LogP contribution >= 0.6 is 11.8 Å². The summed E-state index contributed by atoms with van der Waals surface area (Å²) >= 11 is 1.54. The van der Waals surface area contributed by atoms with Gasteiger partial charge in [0.1, 0.15) is 0 Å². The molecule has 3 heteroatoms. The lowest BCUT2D eigenvalue weighted by molar-refractivity contribution is -0.131. The predicted molar refractivity (Wildman–Crippen MR) is 79.8 cm³/mol. The Labute approximate surface area is 116 Å². The molecule has 0 spiro atoms. The molecular formula is C16H14O2S. The molecule has 0 aliphatic heterocycles. The number of hydrogen-bond acceptors (Lipinski definition) is 2. The second kappa shape index (κ2) is 6.81. The fraction of sp³-hybridized carbons (Fsp3) is 0.0625. The van der Waals surface area contributed by atoms with Gasteiger partial charge >= 0.3 is 5.97 Å². The number of carboxylic acid groups (broad SMARTS) is 1. The average molecular weight is 270 g/mol. The Hall–Kier alpha value is -2.00. The minimum Gasteiger partial charge on any atom is -0.478 e. The van der Waals surface area contributed by atoms with Gasteiger partial charge < -0.3 is 5.11 Å². The van der Waals surface area contributed by atoms with E-state index in [4.69, 9.17) is 5.11 Å². The van der Waals surface area contributed by atoms with Gasteiger partial charge in [0, 0.05) is 16.7 Å². The van der Waals surface area contributed by atoms with Crippen LogP contribution in [-0.2, 0) is 10.5 Å². The van der Waals surface area contributed by atoms with Crippen LogP contribution in [0.4, 0.5) is 0 Å². The van der Waals surface area contributed by atoms with E-state index in [2.05, 4.69) is 0 Å². The molecule has 2 aromatic carbocycles. The monoisotopic (exact) mass is 270 g/mol. The lowest BCUT2D eigenvalue weighted by Crippen LogP contribution is -1.91. The first kappa shape index (κ1) is 13.4. The number of thioether (sulfide) groups is 1. The van der Waals surface area contributed by atoms with E-state index < -0.39 is 5.97 Å². The summed E-state index contributed by atoms with van der Waals surface area (Å²) in [5.74, 6) is -0.158.